The largest absolute Gasteiger partial charge is 3.00 e. The van der Waals surface area contributed by atoms with Gasteiger partial charge >= 0.3 is 32.7 Å². The first-order chi connectivity index (χ1) is 9.63. The van der Waals surface area contributed by atoms with Crippen LogP contribution < -0.4 is 4.74 Å². The summed E-state index contributed by atoms with van der Waals surface area (Å²) in [6, 6.07) is 12.7. The molecule has 0 amide bonds. The number of benzene rings is 2. The van der Waals surface area contributed by atoms with Gasteiger partial charge in [0.2, 0.25) is 0 Å². The first-order valence-corrected chi connectivity index (χ1v) is 6.42. The molecule has 2 nitrogen and oxygen atoms in total. The van der Waals surface area contributed by atoms with E-state index in [4.69, 9.17) is 9.84 Å². The first-order valence-electron chi connectivity index (χ1n) is 6.42. The van der Waals surface area contributed by atoms with Gasteiger partial charge in [0.1, 0.15) is 0 Å². The van der Waals surface area contributed by atoms with Gasteiger partial charge in [0.05, 0.1) is 13.7 Å². The summed E-state index contributed by atoms with van der Waals surface area (Å²) < 4.78 is 5.18. The molecule has 102 valence electrons. The summed E-state index contributed by atoms with van der Waals surface area (Å²) in [5.41, 5.74) is 4.85. The van der Waals surface area contributed by atoms with Crippen LogP contribution in [0, 0.1) is 31.8 Å². The van der Waals surface area contributed by atoms with Crippen LogP contribution in [0.5, 0.6) is 5.75 Å². The average molecular weight is 354 g/mol. The number of aryl methyl sites for hydroxylation is 2. The maximum Gasteiger partial charge on any atom is 3.00 e. The van der Waals surface area contributed by atoms with Crippen molar-refractivity contribution >= 4 is 0 Å². The predicted octanol–water partition coefficient (Wildman–Crippen LogP) is 3.00. The molecule has 0 aromatic heterocycles. The summed E-state index contributed by atoms with van der Waals surface area (Å²) in [4.78, 5) is 0. The van der Waals surface area contributed by atoms with E-state index in [1.807, 2.05) is 44.2 Å². The molecule has 0 saturated heterocycles. The molecule has 0 fully saturated rings. The topological polar surface area (TPSA) is 29.5 Å². The average Bonchev–Trinajstić information content (AvgIpc) is 2.45. The van der Waals surface area contributed by atoms with Crippen molar-refractivity contribution in [2.75, 3.05) is 7.11 Å². The van der Waals surface area contributed by atoms with E-state index in [-0.39, 0.29) is 39.3 Å². The van der Waals surface area contributed by atoms with Crippen LogP contribution in [0.1, 0.15) is 27.8 Å². The smallest absolute Gasteiger partial charge is 0.522 e. The molecule has 0 unspecified atom stereocenters. The fourth-order valence-corrected chi connectivity index (χ4v) is 1.99. The Labute approximate surface area is 151 Å². The van der Waals surface area contributed by atoms with Crippen molar-refractivity contribution in [1.29, 1.82) is 0 Å². The molecule has 0 heterocycles. The third-order valence-corrected chi connectivity index (χ3v) is 3.16. The van der Waals surface area contributed by atoms with Gasteiger partial charge < -0.3 is 9.84 Å². The van der Waals surface area contributed by atoms with Crippen LogP contribution in [0.2, 0.25) is 0 Å². The Hall–Kier alpha value is -1.14. The third-order valence-electron chi connectivity index (χ3n) is 3.16. The summed E-state index contributed by atoms with van der Waals surface area (Å²) in [7, 11) is 1.63. The molecule has 0 atom stereocenters. The van der Waals surface area contributed by atoms with E-state index < -0.39 is 0 Å². The van der Waals surface area contributed by atoms with Gasteiger partial charge in [-0.2, -0.15) is 12.1 Å². The van der Waals surface area contributed by atoms with Crippen LogP contribution in [0.4, 0.5) is 0 Å². The van der Waals surface area contributed by atoms with Crippen LogP contribution in [0.15, 0.2) is 30.3 Å². The van der Waals surface area contributed by atoms with Crippen molar-refractivity contribution in [3.63, 3.8) is 0 Å². The minimum atomic E-state index is 0. The molecular formula is C18H17O2Y+2. The van der Waals surface area contributed by atoms with Crippen molar-refractivity contribution in [2.24, 2.45) is 0 Å². The van der Waals surface area contributed by atoms with E-state index >= 15 is 0 Å². The molecule has 21 heavy (non-hydrogen) atoms. The van der Waals surface area contributed by atoms with Crippen molar-refractivity contribution in [1.82, 2.24) is 0 Å². The van der Waals surface area contributed by atoms with Gasteiger partial charge in [-0.25, -0.2) is 0 Å². The van der Waals surface area contributed by atoms with E-state index in [9.17, 15) is 0 Å². The summed E-state index contributed by atoms with van der Waals surface area (Å²) in [6.45, 7) is 4.01. The molecule has 0 spiro atoms. The Morgan fingerprint density at radius 2 is 1.76 bits per heavy atom. The molecule has 0 bridgehead atoms. The Balaban J connectivity index is 0.00000220. The van der Waals surface area contributed by atoms with Crippen LogP contribution in [0.3, 0.4) is 0 Å². The standard InChI is InChI=1S/C18H17O2.Y/c1-13-10-15(6-8-17(13)12-19)4-5-16-7-9-18(20-3)14(2)11-16;/h6-8,10-11,19H,12H2,1-3H3;/q-1;+3. The first kappa shape index (κ1) is 17.9. The summed E-state index contributed by atoms with van der Waals surface area (Å²) in [5.74, 6) is 6.99. The third kappa shape index (κ3) is 4.68. The van der Waals surface area contributed by atoms with Crippen LogP contribution >= 0.6 is 0 Å². The summed E-state index contributed by atoms with van der Waals surface area (Å²) in [6.07, 6.45) is 0. The SMILES string of the molecule is COc1[c-]cc(C#Cc2ccc(CO)c(C)c2)cc1C.[Y+3]. The van der Waals surface area contributed by atoms with E-state index in [0.717, 1.165) is 33.6 Å². The number of aliphatic hydroxyl groups excluding tert-OH is 1. The predicted molar refractivity (Wildman–Crippen MR) is 79.6 cm³/mol. The molecule has 0 aliphatic heterocycles. The zero-order valence-corrected chi connectivity index (χ0v) is 15.4. The molecular weight excluding hydrogens is 337 g/mol. The van der Waals surface area contributed by atoms with Gasteiger partial charge in [-0.3, -0.25) is 0 Å². The number of ether oxygens (including phenoxy) is 1. The number of hydrogen-bond donors (Lipinski definition) is 1. The van der Waals surface area contributed by atoms with Gasteiger partial charge in [-0.15, -0.1) is 17.6 Å². The summed E-state index contributed by atoms with van der Waals surface area (Å²) >= 11 is 0. The number of hydrogen-bond acceptors (Lipinski definition) is 2. The van der Waals surface area contributed by atoms with Gasteiger partial charge in [-0.05, 0) is 30.2 Å². The Bertz CT molecular complexity index is 624. The maximum absolute atomic E-state index is 9.15. The molecule has 0 saturated carbocycles. The van der Waals surface area contributed by atoms with Crippen molar-refractivity contribution < 1.29 is 42.6 Å². The molecule has 2 aromatic carbocycles. The van der Waals surface area contributed by atoms with Gasteiger partial charge in [0, 0.05) is 11.3 Å². The Kier molecular flexibility index (Phi) is 7.12. The van der Waals surface area contributed by atoms with Gasteiger partial charge in [-0.1, -0.05) is 24.5 Å². The zero-order chi connectivity index (χ0) is 14.5. The maximum atomic E-state index is 9.15. The van der Waals surface area contributed by atoms with Crippen LogP contribution in [-0.4, -0.2) is 12.2 Å². The number of aliphatic hydroxyl groups is 1. The Morgan fingerprint density at radius 1 is 1.10 bits per heavy atom. The minimum absolute atomic E-state index is 0. The quantitative estimate of drug-likeness (QED) is 0.664. The molecule has 2 rings (SSSR count). The van der Waals surface area contributed by atoms with Crippen molar-refractivity contribution in [3.05, 3.63) is 64.2 Å². The second-order valence-corrected chi connectivity index (χ2v) is 4.65. The molecule has 1 N–H and O–H groups in total. The molecule has 0 aliphatic rings. The number of rotatable bonds is 2. The minimum Gasteiger partial charge on any atom is -0.522 e. The monoisotopic (exact) mass is 354 g/mol. The number of methoxy groups -OCH3 is 1. The molecule has 0 radical (unpaired) electrons. The van der Waals surface area contributed by atoms with Crippen LogP contribution in [-0.2, 0) is 39.3 Å². The summed E-state index contributed by atoms with van der Waals surface area (Å²) in [5, 5.41) is 9.15. The molecule has 0 aliphatic carbocycles. The van der Waals surface area contributed by atoms with Crippen LogP contribution in [0.25, 0.3) is 0 Å². The van der Waals surface area contributed by atoms with E-state index in [1.165, 1.54) is 0 Å². The van der Waals surface area contributed by atoms with Gasteiger partial charge in [0.15, 0.2) is 0 Å². The fourth-order valence-electron chi connectivity index (χ4n) is 1.99. The van der Waals surface area contributed by atoms with Crippen molar-refractivity contribution in [3.8, 4) is 17.6 Å². The van der Waals surface area contributed by atoms with E-state index in [1.54, 1.807) is 7.11 Å². The van der Waals surface area contributed by atoms with Gasteiger partial charge in [0.25, 0.3) is 0 Å². The normalized spacial score (nSPS) is 9.33. The second kappa shape index (κ2) is 8.34. The molecule has 2 aromatic rings. The van der Waals surface area contributed by atoms with E-state index in [2.05, 4.69) is 17.9 Å². The Morgan fingerprint density at radius 3 is 2.33 bits per heavy atom. The fraction of sp³-hybridized carbons (Fsp3) is 0.222. The zero-order valence-electron chi connectivity index (χ0n) is 12.5. The molecule has 3 heteroatoms. The van der Waals surface area contributed by atoms with E-state index in [0.29, 0.717) is 0 Å². The second-order valence-electron chi connectivity index (χ2n) is 4.65. The van der Waals surface area contributed by atoms with Crippen molar-refractivity contribution in [2.45, 2.75) is 20.5 Å².